The molecule has 1 aromatic rings. The number of ether oxygens (including phenoxy) is 2. The number of benzene rings is 1. The summed E-state index contributed by atoms with van der Waals surface area (Å²) in [6.07, 6.45) is 5.34. The molecule has 1 aliphatic carbocycles. The quantitative estimate of drug-likeness (QED) is 0.810. The van der Waals surface area contributed by atoms with Gasteiger partial charge >= 0.3 is 0 Å². The number of nitrogens with zero attached hydrogens (tertiary/aromatic N) is 1. The van der Waals surface area contributed by atoms with Crippen LogP contribution in [0.15, 0.2) is 18.2 Å². The van der Waals surface area contributed by atoms with Crippen LogP contribution in [0.2, 0.25) is 0 Å². The molecule has 2 aliphatic rings. The van der Waals surface area contributed by atoms with Gasteiger partial charge in [0, 0.05) is 24.8 Å². The number of hydrogen-bond acceptors (Lipinski definition) is 3. The second kappa shape index (κ2) is 5.05. The fraction of sp³-hybridized carbons (Fsp3) is 0.538. The maximum atomic E-state index is 5.40. The fourth-order valence-electron chi connectivity index (χ4n) is 2.61. The van der Waals surface area contributed by atoms with Gasteiger partial charge in [0.15, 0.2) is 11.5 Å². The van der Waals surface area contributed by atoms with Crippen molar-refractivity contribution in [2.45, 2.75) is 31.7 Å². The Balaban J connectivity index is 0.00000108. The highest BCUT2D eigenvalue weighted by atomic mass is 35.5. The molecule has 1 aliphatic heterocycles. The molecular formula is C13H18ClNO2. The summed E-state index contributed by atoms with van der Waals surface area (Å²) < 4.78 is 10.7. The number of rotatable bonds is 2. The number of fused-ring (bicyclic) bond motifs is 1. The van der Waals surface area contributed by atoms with Crippen molar-refractivity contribution in [1.29, 1.82) is 0 Å². The molecule has 94 valence electrons. The molecule has 1 fully saturated rings. The minimum atomic E-state index is 0. The van der Waals surface area contributed by atoms with E-state index in [2.05, 4.69) is 24.1 Å². The highest BCUT2D eigenvalue weighted by Crippen LogP contribution is 2.36. The first-order chi connectivity index (χ1) is 7.84. The number of anilines is 1. The summed E-state index contributed by atoms with van der Waals surface area (Å²) in [6, 6.07) is 6.90. The average molecular weight is 256 g/mol. The molecule has 0 bridgehead atoms. The first-order valence-electron chi connectivity index (χ1n) is 5.97. The van der Waals surface area contributed by atoms with Crippen molar-refractivity contribution in [3.63, 3.8) is 0 Å². The van der Waals surface area contributed by atoms with E-state index in [4.69, 9.17) is 9.47 Å². The van der Waals surface area contributed by atoms with Crippen LogP contribution in [0.3, 0.4) is 0 Å². The summed E-state index contributed by atoms with van der Waals surface area (Å²) in [4.78, 5) is 2.37. The Bertz CT molecular complexity index is 391. The molecule has 4 heteroatoms. The molecule has 17 heavy (non-hydrogen) atoms. The lowest BCUT2D eigenvalue weighted by molar-refractivity contribution is 0.174. The van der Waals surface area contributed by atoms with Crippen molar-refractivity contribution in [2.24, 2.45) is 0 Å². The van der Waals surface area contributed by atoms with Gasteiger partial charge in [-0.3, -0.25) is 0 Å². The summed E-state index contributed by atoms with van der Waals surface area (Å²) >= 11 is 0. The Morgan fingerprint density at radius 2 is 1.82 bits per heavy atom. The lowest BCUT2D eigenvalue weighted by atomic mass is 10.2. The Hall–Kier alpha value is -1.09. The van der Waals surface area contributed by atoms with Crippen molar-refractivity contribution < 1.29 is 9.47 Å². The number of hydrogen-bond donors (Lipinski definition) is 0. The van der Waals surface area contributed by atoms with Crippen LogP contribution in [0.4, 0.5) is 5.69 Å². The lowest BCUT2D eigenvalue weighted by Gasteiger charge is -2.26. The average Bonchev–Trinajstić information content (AvgIpc) is 2.98. The summed E-state index contributed by atoms with van der Waals surface area (Å²) in [7, 11) is 2.17. The van der Waals surface area contributed by atoms with Gasteiger partial charge in [-0.1, -0.05) is 12.8 Å². The lowest BCUT2D eigenvalue weighted by Crippen LogP contribution is -2.28. The van der Waals surface area contributed by atoms with Gasteiger partial charge in [0.25, 0.3) is 0 Å². The van der Waals surface area contributed by atoms with E-state index >= 15 is 0 Å². The molecule has 0 N–H and O–H groups in total. The summed E-state index contributed by atoms with van der Waals surface area (Å²) in [5, 5.41) is 0. The van der Waals surface area contributed by atoms with E-state index < -0.39 is 0 Å². The molecule has 0 atom stereocenters. The third-order valence-corrected chi connectivity index (χ3v) is 3.64. The van der Waals surface area contributed by atoms with Gasteiger partial charge in [0.2, 0.25) is 6.79 Å². The minimum absolute atomic E-state index is 0. The van der Waals surface area contributed by atoms with Crippen molar-refractivity contribution >= 4 is 18.1 Å². The van der Waals surface area contributed by atoms with E-state index in [1.165, 1.54) is 31.4 Å². The molecule has 0 spiro atoms. The molecule has 3 nitrogen and oxygen atoms in total. The third kappa shape index (κ3) is 2.29. The molecule has 0 aromatic heterocycles. The molecule has 0 saturated heterocycles. The zero-order valence-electron chi connectivity index (χ0n) is 10.0. The molecular weight excluding hydrogens is 238 g/mol. The SMILES string of the molecule is CN(c1ccc2c(c1)OCO2)C1CCCC1.Cl. The Morgan fingerprint density at radius 3 is 2.59 bits per heavy atom. The van der Waals surface area contributed by atoms with Gasteiger partial charge in [0.1, 0.15) is 0 Å². The van der Waals surface area contributed by atoms with Gasteiger partial charge in [-0.05, 0) is 25.0 Å². The number of halogens is 1. The van der Waals surface area contributed by atoms with E-state index in [-0.39, 0.29) is 12.4 Å². The van der Waals surface area contributed by atoms with E-state index in [0.29, 0.717) is 12.8 Å². The smallest absolute Gasteiger partial charge is 0.231 e. The van der Waals surface area contributed by atoms with Crippen LogP contribution in [-0.2, 0) is 0 Å². The van der Waals surface area contributed by atoms with Crippen molar-refractivity contribution in [1.82, 2.24) is 0 Å². The van der Waals surface area contributed by atoms with Crippen LogP contribution in [0, 0.1) is 0 Å². The second-order valence-electron chi connectivity index (χ2n) is 4.59. The zero-order chi connectivity index (χ0) is 11.0. The fourth-order valence-corrected chi connectivity index (χ4v) is 2.61. The van der Waals surface area contributed by atoms with E-state index in [1.807, 2.05) is 6.07 Å². The largest absolute Gasteiger partial charge is 0.454 e. The second-order valence-corrected chi connectivity index (χ2v) is 4.59. The van der Waals surface area contributed by atoms with Gasteiger partial charge in [-0.15, -0.1) is 12.4 Å². The van der Waals surface area contributed by atoms with E-state index in [9.17, 15) is 0 Å². The van der Waals surface area contributed by atoms with Crippen LogP contribution in [0.5, 0.6) is 11.5 Å². The molecule has 1 heterocycles. The molecule has 3 rings (SSSR count). The first-order valence-corrected chi connectivity index (χ1v) is 5.97. The topological polar surface area (TPSA) is 21.7 Å². The van der Waals surface area contributed by atoms with Gasteiger partial charge in [-0.2, -0.15) is 0 Å². The molecule has 0 radical (unpaired) electrons. The first kappa shape index (κ1) is 12.4. The van der Waals surface area contributed by atoms with E-state index in [1.54, 1.807) is 0 Å². The van der Waals surface area contributed by atoms with E-state index in [0.717, 1.165) is 11.5 Å². The summed E-state index contributed by atoms with van der Waals surface area (Å²) in [5.74, 6) is 1.74. The third-order valence-electron chi connectivity index (χ3n) is 3.64. The predicted molar refractivity (Wildman–Crippen MR) is 70.5 cm³/mol. The van der Waals surface area contributed by atoms with Crippen LogP contribution >= 0.6 is 12.4 Å². The minimum Gasteiger partial charge on any atom is -0.454 e. The highest BCUT2D eigenvalue weighted by molar-refractivity contribution is 5.85. The molecule has 0 amide bonds. The Morgan fingerprint density at radius 1 is 1.12 bits per heavy atom. The van der Waals surface area contributed by atoms with Crippen LogP contribution < -0.4 is 14.4 Å². The Kier molecular flexibility index (Phi) is 3.67. The maximum Gasteiger partial charge on any atom is 0.231 e. The standard InChI is InChI=1S/C13H17NO2.ClH/c1-14(10-4-2-3-5-10)11-6-7-12-13(8-11)16-9-15-12;/h6-8,10H,2-5,9H2,1H3;1H. The van der Waals surface area contributed by atoms with Crippen molar-refractivity contribution in [3.05, 3.63) is 18.2 Å². The zero-order valence-corrected chi connectivity index (χ0v) is 10.8. The summed E-state index contributed by atoms with van der Waals surface area (Å²) in [6.45, 7) is 0.353. The van der Waals surface area contributed by atoms with Crippen molar-refractivity contribution in [3.8, 4) is 11.5 Å². The predicted octanol–water partition coefficient (Wildman–Crippen LogP) is 3.22. The van der Waals surface area contributed by atoms with Crippen LogP contribution in [0.1, 0.15) is 25.7 Å². The molecule has 1 aromatic carbocycles. The molecule has 0 unspecified atom stereocenters. The van der Waals surface area contributed by atoms with Crippen molar-refractivity contribution in [2.75, 3.05) is 18.7 Å². The normalized spacial score (nSPS) is 17.9. The van der Waals surface area contributed by atoms with Crippen LogP contribution in [-0.4, -0.2) is 19.9 Å². The Labute approximate surface area is 108 Å². The monoisotopic (exact) mass is 255 g/mol. The summed E-state index contributed by atoms with van der Waals surface area (Å²) in [5.41, 5.74) is 1.23. The maximum absolute atomic E-state index is 5.40. The molecule has 1 saturated carbocycles. The van der Waals surface area contributed by atoms with Gasteiger partial charge < -0.3 is 14.4 Å². The van der Waals surface area contributed by atoms with Gasteiger partial charge in [0.05, 0.1) is 0 Å². The van der Waals surface area contributed by atoms with Crippen LogP contribution in [0.25, 0.3) is 0 Å². The highest BCUT2D eigenvalue weighted by Gasteiger charge is 2.21. The van der Waals surface area contributed by atoms with Gasteiger partial charge in [-0.25, -0.2) is 0 Å².